The van der Waals surface area contributed by atoms with E-state index in [4.69, 9.17) is 11.5 Å². The maximum atomic E-state index is 9.83. The molecule has 6 aromatic rings. The van der Waals surface area contributed by atoms with Crippen LogP contribution in [-0.4, -0.2) is 19.3 Å². The first-order valence-corrected chi connectivity index (χ1v) is 17.5. The Bertz CT molecular complexity index is 2090. The van der Waals surface area contributed by atoms with Crippen LogP contribution in [0, 0.1) is 0 Å². The van der Waals surface area contributed by atoms with Gasteiger partial charge in [0, 0.05) is 53.3 Å². The van der Waals surface area contributed by atoms with Gasteiger partial charge in [0.1, 0.15) is 0 Å². The molecule has 0 bridgehead atoms. The van der Waals surface area contributed by atoms with Crippen LogP contribution in [0.3, 0.4) is 0 Å². The van der Waals surface area contributed by atoms with Crippen molar-refractivity contribution in [1.29, 1.82) is 0 Å². The standard InChI is InChI=1S/C25H23N.C21H23N3O.Y/c26-18-19-11-13-22(14-12-19)25-16-23(20-7-3-1-4-8-20)15-24(17-25)21-9-5-2-6-10-21;1-23-19-13-12-18(14-20(19)24(2)25)15-8-10-17(11-9-15)21(22)16-6-4-3-5-7-16;/h1,3-5,7-17H,2,6,18,26H2;3-14,21,23,25H,22H2,1-2H3;. The second kappa shape index (κ2) is 18.7. The second-order valence-electron chi connectivity index (χ2n) is 12.7. The molecule has 0 saturated heterocycles. The van der Waals surface area contributed by atoms with E-state index in [0.717, 1.165) is 57.1 Å². The van der Waals surface area contributed by atoms with Gasteiger partial charge in [0.25, 0.3) is 0 Å². The molecular weight excluding hydrogens is 713 g/mol. The largest absolute Gasteiger partial charge is 0.386 e. The van der Waals surface area contributed by atoms with E-state index in [0.29, 0.717) is 6.54 Å². The molecule has 1 atom stereocenters. The Morgan fingerprint density at radius 1 is 0.635 bits per heavy atom. The van der Waals surface area contributed by atoms with Crippen LogP contribution in [0.15, 0.2) is 164 Å². The molecule has 0 aliphatic heterocycles. The first-order chi connectivity index (χ1) is 24.9. The minimum Gasteiger partial charge on any atom is -0.386 e. The summed E-state index contributed by atoms with van der Waals surface area (Å²) >= 11 is 0. The molecule has 1 radical (unpaired) electrons. The van der Waals surface area contributed by atoms with Crippen LogP contribution in [0.5, 0.6) is 0 Å². The number of hydrogen-bond acceptors (Lipinski definition) is 5. The molecule has 1 aliphatic carbocycles. The quantitative estimate of drug-likeness (QED) is 0.110. The number of anilines is 2. The van der Waals surface area contributed by atoms with Crippen LogP contribution in [0.2, 0.25) is 0 Å². The fraction of sp³-hybridized carbons (Fsp3) is 0.130. The van der Waals surface area contributed by atoms with E-state index in [2.05, 4.69) is 121 Å². The van der Waals surface area contributed by atoms with Crippen LogP contribution in [0.4, 0.5) is 11.4 Å². The molecule has 0 aromatic heterocycles. The van der Waals surface area contributed by atoms with Crippen molar-refractivity contribution < 1.29 is 37.9 Å². The molecule has 1 aliphatic rings. The van der Waals surface area contributed by atoms with E-state index in [-0.39, 0.29) is 38.8 Å². The van der Waals surface area contributed by atoms with Crippen LogP contribution < -0.4 is 21.8 Å². The first-order valence-electron chi connectivity index (χ1n) is 17.5. The van der Waals surface area contributed by atoms with Gasteiger partial charge in [-0.25, -0.2) is 0 Å². The average molecular weight is 760 g/mol. The Labute approximate surface area is 333 Å². The van der Waals surface area contributed by atoms with Gasteiger partial charge in [-0.3, -0.25) is 10.3 Å². The Balaban J connectivity index is 0.000000197. The monoisotopic (exact) mass is 759 g/mol. The molecule has 259 valence electrons. The van der Waals surface area contributed by atoms with Crippen molar-refractivity contribution in [1.82, 2.24) is 0 Å². The summed E-state index contributed by atoms with van der Waals surface area (Å²) in [6.45, 7) is 0.577. The van der Waals surface area contributed by atoms with Gasteiger partial charge in [-0.2, -0.15) is 0 Å². The minimum atomic E-state index is -0.138. The molecule has 1 unspecified atom stereocenters. The summed E-state index contributed by atoms with van der Waals surface area (Å²) in [5.41, 5.74) is 26.7. The number of nitrogens with zero attached hydrogens (tertiary/aromatic N) is 1. The van der Waals surface area contributed by atoms with Crippen molar-refractivity contribution in [3.05, 3.63) is 186 Å². The predicted molar refractivity (Wildman–Crippen MR) is 216 cm³/mol. The van der Waals surface area contributed by atoms with Gasteiger partial charge in [0.2, 0.25) is 0 Å². The average Bonchev–Trinajstić information content (AvgIpc) is 3.21. The van der Waals surface area contributed by atoms with Crippen molar-refractivity contribution in [3.8, 4) is 33.4 Å². The van der Waals surface area contributed by atoms with Gasteiger partial charge in [-0.15, -0.1) is 0 Å². The summed E-state index contributed by atoms with van der Waals surface area (Å²) in [4.78, 5) is 0. The third-order valence-electron chi connectivity index (χ3n) is 9.27. The second-order valence-corrected chi connectivity index (χ2v) is 12.7. The Kier molecular flexibility index (Phi) is 13.9. The smallest absolute Gasteiger partial charge is 0.0868 e. The van der Waals surface area contributed by atoms with Crippen molar-refractivity contribution in [3.63, 3.8) is 0 Å². The maximum absolute atomic E-state index is 9.83. The normalized spacial score (nSPS) is 12.4. The molecule has 6 N–H and O–H groups in total. The Morgan fingerprint density at radius 3 is 1.75 bits per heavy atom. The van der Waals surface area contributed by atoms with E-state index in [1.807, 2.05) is 55.6 Å². The number of benzene rings is 6. The zero-order chi connectivity index (χ0) is 35.6. The van der Waals surface area contributed by atoms with E-state index in [1.165, 1.54) is 33.4 Å². The zero-order valence-corrected chi connectivity index (χ0v) is 32.8. The SMILES string of the molecule is CNc1ccc(-c2ccc(C(N)c3ccccc3)cc2)cc1N(C)O.NCc1ccc(-c2cc(C3=CCCC=C3)cc(-c3ccccc3)c2)cc1.[Y]. The molecule has 0 fully saturated rings. The summed E-state index contributed by atoms with van der Waals surface area (Å²) in [7, 11) is 3.45. The summed E-state index contributed by atoms with van der Waals surface area (Å²) in [6, 6.07) is 50.2. The molecule has 0 spiro atoms. The molecule has 6 aromatic carbocycles. The zero-order valence-electron chi connectivity index (χ0n) is 29.9. The van der Waals surface area contributed by atoms with E-state index >= 15 is 0 Å². The molecule has 52 heavy (non-hydrogen) atoms. The van der Waals surface area contributed by atoms with Gasteiger partial charge in [0.15, 0.2) is 0 Å². The maximum Gasteiger partial charge on any atom is 0.0868 e. The summed E-state index contributed by atoms with van der Waals surface area (Å²) < 4.78 is 0. The summed E-state index contributed by atoms with van der Waals surface area (Å²) in [5.74, 6) is 0. The Morgan fingerprint density at radius 2 is 1.17 bits per heavy atom. The molecule has 0 amide bonds. The van der Waals surface area contributed by atoms with Crippen LogP contribution in [0.1, 0.15) is 41.1 Å². The summed E-state index contributed by atoms with van der Waals surface area (Å²) in [6.07, 6.45) is 9.10. The molecule has 7 rings (SSSR count). The number of allylic oxidation sites excluding steroid dienone is 4. The number of nitrogens with one attached hydrogen (secondary N) is 1. The van der Waals surface area contributed by atoms with Gasteiger partial charge < -0.3 is 16.8 Å². The number of hydrogen-bond donors (Lipinski definition) is 4. The summed E-state index contributed by atoms with van der Waals surface area (Å²) in [5, 5.41) is 14.0. The van der Waals surface area contributed by atoms with Crippen molar-refractivity contribution in [2.75, 3.05) is 24.5 Å². The van der Waals surface area contributed by atoms with Gasteiger partial charge in [0.05, 0.1) is 17.4 Å². The fourth-order valence-electron chi connectivity index (χ4n) is 6.35. The van der Waals surface area contributed by atoms with E-state index in [1.54, 1.807) is 7.05 Å². The van der Waals surface area contributed by atoms with Crippen LogP contribution >= 0.6 is 0 Å². The molecule has 0 heterocycles. The minimum absolute atomic E-state index is 0. The van der Waals surface area contributed by atoms with Gasteiger partial charge in [-0.05, 0) is 104 Å². The molecule has 5 nitrogen and oxygen atoms in total. The number of rotatable bonds is 9. The Hall–Kier alpha value is -4.62. The van der Waals surface area contributed by atoms with Crippen molar-refractivity contribution in [2.45, 2.75) is 25.4 Å². The topological polar surface area (TPSA) is 87.5 Å². The van der Waals surface area contributed by atoms with Gasteiger partial charge >= 0.3 is 0 Å². The molecular formula is C46H46N4OY. The van der Waals surface area contributed by atoms with E-state index in [9.17, 15) is 5.21 Å². The third-order valence-corrected chi connectivity index (χ3v) is 9.27. The van der Waals surface area contributed by atoms with Gasteiger partial charge in [-0.1, -0.05) is 133 Å². The molecule has 6 heteroatoms. The number of nitrogens with two attached hydrogens (primary N) is 2. The van der Waals surface area contributed by atoms with Crippen LogP contribution in [0.25, 0.3) is 39.0 Å². The van der Waals surface area contributed by atoms with Crippen LogP contribution in [-0.2, 0) is 39.3 Å². The third kappa shape index (κ3) is 9.62. The number of hydroxylamine groups is 1. The van der Waals surface area contributed by atoms with Crippen molar-refractivity contribution in [2.24, 2.45) is 11.5 Å². The first kappa shape index (κ1) is 38.6. The fourth-order valence-corrected chi connectivity index (χ4v) is 6.35. The van der Waals surface area contributed by atoms with E-state index < -0.39 is 0 Å². The predicted octanol–water partition coefficient (Wildman–Crippen LogP) is 10.5. The van der Waals surface area contributed by atoms with Crippen molar-refractivity contribution >= 4 is 16.9 Å². The molecule has 0 saturated carbocycles.